The Balaban J connectivity index is 1.60. The molecule has 1 aromatic heterocycles. The minimum absolute atomic E-state index is 0.261. The minimum Gasteiger partial charge on any atom is -0.325 e. The number of benzene rings is 3. The summed E-state index contributed by atoms with van der Waals surface area (Å²) in [6.45, 7) is 2.17. The zero-order valence-electron chi connectivity index (χ0n) is 17.2. The second-order valence-electron chi connectivity index (χ2n) is 7.11. The summed E-state index contributed by atoms with van der Waals surface area (Å²) in [7, 11) is 0. The van der Waals surface area contributed by atoms with Gasteiger partial charge in [0.2, 0.25) is 5.91 Å². The first kappa shape index (κ1) is 21.7. The van der Waals surface area contributed by atoms with Crippen LogP contribution in [0.5, 0.6) is 0 Å². The van der Waals surface area contributed by atoms with E-state index in [0.717, 1.165) is 5.56 Å². The quantitative estimate of drug-likeness (QED) is 0.384. The lowest BCUT2D eigenvalue weighted by molar-refractivity contribution is -0.115. The number of carbonyl (C=O) groups excluding carboxylic acids is 1. The van der Waals surface area contributed by atoms with Crippen molar-refractivity contribution < 1.29 is 13.6 Å². The summed E-state index contributed by atoms with van der Waals surface area (Å²) in [5, 5.41) is 11.2. The van der Waals surface area contributed by atoms with Crippen molar-refractivity contribution in [2.75, 3.05) is 5.32 Å². The molecule has 0 spiro atoms. The van der Waals surface area contributed by atoms with Crippen LogP contribution in [0.2, 0.25) is 0 Å². The molecule has 1 heterocycles. The van der Waals surface area contributed by atoms with Crippen LogP contribution in [0.1, 0.15) is 12.5 Å². The molecule has 162 valence electrons. The Hall–Kier alpha value is -3.52. The number of nitrogens with zero attached hydrogens (tertiary/aromatic N) is 3. The highest BCUT2D eigenvalue weighted by atomic mass is 32.2. The summed E-state index contributed by atoms with van der Waals surface area (Å²) in [4.78, 5) is 12.7. The van der Waals surface area contributed by atoms with Crippen LogP contribution < -0.4 is 5.32 Å². The molecular formula is C24H20F2N4OS. The first-order chi connectivity index (χ1) is 15.5. The summed E-state index contributed by atoms with van der Waals surface area (Å²) in [6.07, 6.45) is 0. The van der Waals surface area contributed by atoms with E-state index in [1.165, 1.54) is 42.1 Å². The summed E-state index contributed by atoms with van der Waals surface area (Å²) >= 11 is 1.22. The number of aromatic nitrogens is 3. The van der Waals surface area contributed by atoms with Gasteiger partial charge in [0.05, 0.1) is 17.4 Å². The summed E-state index contributed by atoms with van der Waals surface area (Å²) < 4.78 is 29.4. The zero-order chi connectivity index (χ0) is 22.5. The van der Waals surface area contributed by atoms with Gasteiger partial charge in [-0.15, -0.1) is 10.2 Å². The van der Waals surface area contributed by atoms with E-state index in [0.29, 0.717) is 28.8 Å². The molecule has 0 aliphatic carbocycles. The molecule has 1 N–H and O–H groups in total. The van der Waals surface area contributed by atoms with Crippen molar-refractivity contribution in [3.8, 4) is 11.4 Å². The van der Waals surface area contributed by atoms with Crippen molar-refractivity contribution >= 4 is 23.4 Å². The van der Waals surface area contributed by atoms with Crippen molar-refractivity contribution in [1.29, 1.82) is 0 Å². The largest absolute Gasteiger partial charge is 0.325 e. The lowest BCUT2D eigenvalue weighted by Gasteiger charge is -2.14. The van der Waals surface area contributed by atoms with E-state index in [1.807, 2.05) is 30.3 Å². The molecule has 0 saturated carbocycles. The number of hydrogen-bond acceptors (Lipinski definition) is 4. The Morgan fingerprint density at radius 2 is 1.66 bits per heavy atom. The van der Waals surface area contributed by atoms with Gasteiger partial charge in [-0.3, -0.25) is 9.36 Å². The van der Waals surface area contributed by atoms with Crippen LogP contribution in [0.3, 0.4) is 0 Å². The number of anilines is 1. The topological polar surface area (TPSA) is 59.8 Å². The third-order valence-electron chi connectivity index (χ3n) is 4.78. The molecule has 0 fully saturated rings. The molecule has 4 aromatic rings. The summed E-state index contributed by atoms with van der Waals surface area (Å²) in [6, 6.07) is 21.6. The van der Waals surface area contributed by atoms with Crippen molar-refractivity contribution in [3.63, 3.8) is 0 Å². The number of thioether (sulfide) groups is 1. The van der Waals surface area contributed by atoms with Gasteiger partial charge < -0.3 is 5.32 Å². The van der Waals surface area contributed by atoms with E-state index >= 15 is 0 Å². The number of amides is 1. The number of hydrogen-bond donors (Lipinski definition) is 1. The second kappa shape index (κ2) is 9.74. The summed E-state index contributed by atoms with van der Waals surface area (Å²) in [5.74, 6) is -0.642. The maximum absolute atomic E-state index is 14.5. The fourth-order valence-electron chi connectivity index (χ4n) is 3.11. The van der Waals surface area contributed by atoms with E-state index in [1.54, 1.807) is 29.7 Å². The van der Waals surface area contributed by atoms with E-state index < -0.39 is 11.1 Å². The van der Waals surface area contributed by atoms with Gasteiger partial charge in [0.1, 0.15) is 11.6 Å². The molecule has 4 rings (SSSR count). The van der Waals surface area contributed by atoms with Gasteiger partial charge >= 0.3 is 0 Å². The normalized spacial score (nSPS) is 11.8. The fraction of sp³-hybridized carbons (Fsp3) is 0.125. The monoisotopic (exact) mass is 450 g/mol. The fourth-order valence-corrected chi connectivity index (χ4v) is 3.96. The lowest BCUT2D eigenvalue weighted by atomic mass is 10.2. The van der Waals surface area contributed by atoms with Crippen molar-refractivity contribution in [2.45, 2.75) is 23.9 Å². The minimum atomic E-state index is -0.521. The Morgan fingerprint density at radius 1 is 0.969 bits per heavy atom. The molecule has 5 nitrogen and oxygen atoms in total. The van der Waals surface area contributed by atoms with Gasteiger partial charge in [0.25, 0.3) is 0 Å². The molecule has 0 aliphatic heterocycles. The highest BCUT2D eigenvalue weighted by Gasteiger charge is 2.22. The SMILES string of the molecule is CC(Sc1nnc(-c2ccccc2F)n1Cc1ccccc1)C(=O)Nc1ccc(F)cc1. The number of halogens is 2. The molecule has 0 aliphatic rings. The van der Waals surface area contributed by atoms with Crippen LogP contribution in [-0.2, 0) is 11.3 Å². The van der Waals surface area contributed by atoms with Gasteiger partial charge in [0, 0.05) is 5.69 Å². The average Bonchev–Trinajstić information content (AvgIpc) is 3.18. The third-order valence-corrected chi connectivity index (χ3v) is 5.86. The molecule has 8 heteroatoms. The average molecular weight is 451 g/mol. The molecule has 1 unspecified atom stereocenters. The van der Waals surface area contributed by atoms with Gasteiger partial charge in [-0.2, -0.15) is 0 Å². The van der Waals surface area contributed by atoms with Crippen molar-refractivity contribution in [2.24, 2.45) is 0 Å². The Morgan fingerprint density at radius 3 is 2.38 bits per heavy atom. The van der Waals surface area contributed by atoms with Crippen LogP contribution in [0.15, 0.2) is 84.0 Å². The van der Waals surface area contributed by atoms with Gasteiger partial charge in [-0.05, 0) is 48.9 Å². The van der Waals surface area contributed by atoms with Crippen LogP contribution in [0.4, 0.5) is 14.5 Å². The molecule has 32 heavy (non-hydrogen) atoms. The summed E-state index contributed by atoms with van der Waals surface area (Å²) in [5.41, 5.74) is 1.84. The third kappa shape index (κ3) is 5.03. The molecule has 0 saturated heterocycles. The maximum atomic E-state index is 14.5. The highest BCUT2D eigenvalue weighted by molar-refractivity contribution is 8.00. The number of rotatable bonds is 7. The van der Waals surface area contributed by atoms with E-state index in [4.69, 9.17) is 0 Å². The van der Waals surface area contributed by atoms with Crippen LogP contribution in [0.25, 0.3) is 11.4 Å². The smallest absolute Gasteiger partial charge is 0.237 e. The first-order valence-electron chi connectivity index (χ1n) is 9.96. The van der Waals surface area contributed by atoms with Crippen molar-refractivity contribution in [3.05, 3.63) is 96.1 Å². The second-order valence-corrected chi connectivity index (χ2v) is 8.42. The Labute approximate surface area is 188 Å². The van der Waals surface area contributed by atoms with Gasteiger partial charge in [-0.1, -0.05) is 54.2 Å². The van der Waals surface area contributed by atoms with Gasteiger partial charge in [-0.25, -0.2) is 8.78 Å². The van der Waals surface area contributed by atoms with Crippen molar-refractivity contribution in [1.82, 2.24) is 14.8 Å². The molecule has 1 atom stereocenters. The van der Waals surface area contributed by atoms with Gasteiger partial charge in [0.15, 0.2) is 11.0 Å². The predicted molar refractivity (Wildman–Crippen MR) is 121 cm³/mol. The van der Waals surface area contributed by atoms with E-state index in [9.17, 15) is 13.6 Å². The molecule has 0 radical (unpaired) electrons. The standard InChI is InChI=1S/C24H20F2N4OS/c1-16(23(31)27-19-13-11-18(25)12-14-19)32-24-29-28-22(20-9-5-6-10-21(20)26)30(24)15-17-7-3-2-4-8-17/h2-14,16H,15H2,1H3,(H,27,31). The first-order valence-corrected chi connectivity index (χ1v) is 10.8. The molecular weight excluding hydrogens is 430 g/mol. The molecule has 0 bridgehead atoms. The zero-order valence-corrected chi connectivity index (χ0v) is 18.0. The Kier molecular flexibility index (Phi) is 6.61. The maximum Gasteiger partial charge on any atom is 0.237 e. The number of nitrogens with one attached hydrogen (secondary N) is 1. The molecule has 1 amide bonds. The van der Waals surface area contributed by atoms with Crippen LogP contribution in [0, 0.1) is 11.6 Å². The van der Waals surface area contributed by atoms with E-state index in [2.05, 4.69) is 15.5 Å². The molecule has 3 aromatic carbocycles. The Bertz CT molecular complexity index is 1210. The highest BCUT2D eigenvalue weighted by Crippen LogP contribution is 2.29. The van der Waals surface area contributed by atoms with Crippen LogP contribution >= 0.6 is 11.8 Å². The predicted octanol–water partition coefficient (Wildman–Crippen LogP) is 5.39. The van der Waals surface area contributed by atoms with E-state index in [-0.39, 0.29) is 11.7 Å². The van der Waals surface area contributed by atoms with Crippen LogP contribution in [-0.4, -0.2) is 25.9 Å². The number of carbonyl (C=O) groups is 1. The lowest BCUT2D eigenvalue weighted by Crippen LogP contribution is -2.23.